The molecule has 0 unspecified atom stereocenters. The third-order valence-electron chi connectivity index (χ3n) is 3.12. The van der Waals surface area contributed by atoms with Crippen LogP contribution in [0.3, 0.4) is 0 Å². The Balaban J connectivity index is 3.01. The molecule has 0 aliphatic rings. The second-order valence-electron chi connectivity index (χ2n) is 4.84. The fourth-order valence-electron chi connectivity index (χ4n) is 1.78. The highest BCUT2D eigenvalue weighted by Gasteiger charge is 2.27. The van der Waals surface area contributed by atoms with Crippen molar-refractivity contribution in [3.63, 3.8) is 0 Å². The van der Waals surface area contributed by atoms with Crippen molar-refractivity contribution in [2.45, 2.75) is 32.6 Å². The Morgan fingerprint density at radius 1 is 1.19 bits per heavy atom. The summed E-state index contributed by atoms with van der Waals surface area (Å²) in [5.41, 5.74) is 1.87. The van der Waals surface area contributed by atoms with Crippen molar-refractivity contribution in [1.29, 1.82) is 0 Å². The van der Waals surface area contributed by atoms with Gasteiger partial charge in [0.25, 0.3) is 0 Å². The van der Waals surface area contributed by atoms with Crippen LogP contribution in [0.15, 0.2) is 24.3 Å². The van der Waals surface area contributed by atoms with E-state index in [4.69, 9.17) is 0 Å². The molecule has 0 saturated carbocycles. The third-order valence-corrected chi connectivity index (χ3v) is 3.12. The average molecular weight is 219 g/mol. The molecule has 0 aliphatic heterocycles. The number of carbonyl (C=O) groups excluding carboxylic acids is 1. The minimum absolute atomic E-state index is 0.283. The van der Waals surface area contributed by atoms with Crippen molar-refractivity contribution in [2.75, 3.05) is 19.0 Å². The van der Waals surface area contributed by atoms with Crippen LogP contribution in [0, 0.1) is 0 Å². The van der Waals surface area contributed by atoms with Crippen molar-refractivity contribution in [3.05, 3.63) is 29.8 Å². The van der Waals surface area contributed by atoms with E-state index in [1.807, 2.05) is 47.0 Å². The maximum Gasteiger partial charge on any atom is 0.142 e. The van der Waals surface area contributed by atoms with E-state index in [-0.39, 0.29) is 11.2 Å². The van der Waals surface area contributed by atoms with Gasteiger partial charge in [-0.1, -0.05) is 19.1 Å². The highest BCUT2D eigenvalue weighted by atomic mass is 16.1. The quantitative estimate of drug-likeness (QED) is 0.776. The van der Waals surface area contributed by atoms with Gasteiger partial charge in [0, 0.05) is 31.6 Å². The summed E-state index contributed by atoms with van der Waals surface area (Å²) in [7, 11) is 4.02. The van der Waals surface area contributed by atoms with Gasteiger partial charge in [-0.15, -0.1) is 0 Å². The lowest BCUT2D eigenvalue weighted by atomic mass is 9.79. The maximum absolute atomic E-state index is 11.8. The fraction of sp³-hybridized carbons (Fsp3) is 0.500. The van der Waals surface area contributed by atoms with Gasteiger partial charge in [0.15, 0.2) is 0 Å². The van der Waals surface area contributed by atoms with Crippen LogP contribution in [0.4, 0.5) is 5.69 Å². The molecule has 2 nitrogen and oxygen atoms in total. The zero-order valence-corrected chi connectivity index (χ0v) is 10.9. The minimum Gasteiger partial charge on any atom is -0.378 e. The first kappa shape index (κ1) is 12.8. The number of Topliss-reactive ketones (excluding diaryl/α,β-unsaturated/α-hetero) is 1. The summed E-state index contributed by atoms with van der Waals surface area (Å²) in [5.74, 6) is 0.283. The summed E-state index contributed by atoms with van der Waals surface area (Å²) in [4.78, 5) is 13.9. The Kier molecular flexibility index (Phi) is 3.74. The third kappa shape index (κ3) is 2.43. The van der Waals surface area contributed by atoms with E-state index in [1.165, 1.54) is 0 Å². The van der Waals surface area contributed by atoms with E-state index in [0.717, 1.165) is 11.3 Å². The predicted octanol–water partition coefficient (Wildman–Crippen LogP) is 3.01. The molecule has 0 N–H and O–H groups in total. The number of benzene rings is 1. The van der Waals surface area contributed by atoms with Gasteiger partial charge in [-0.25, -0.2) is 0 Å². The first-order chi connectivity index (χ1) is 7.39. The summed E-state index contributed by atoms with van der Waals surface area (Å²) in [6, 6.07) is 8.20. The van der Waals surface area contributed by atoms with Gasteiger partial charge in [0.2, 0.25) is 0 Å². The van der Waals surface area contributed by atoms with E-state index in [1.54, 1.807) is 0 Å². The molecule has 16 heavy (non-hydrogen) atoms. The zero-order chi connectivity index (χ0) is 12.3. The molecule has 1 aromatic carbocycles. The molecule has 0 atom stereocenters. The molecule has 1 rings (SSSR count). The first-order valence-corrected chi connectivity index (χ1v) is 5.70. The van der Waals surface area contributed by atoms with Gasteiger partial charge in [-0.05, 0) is 31.5 Å². The van der Waals surface area contributed by atoms with Crippen LogP contribution >= 0.6 is 0 Å². The molecule has 2 heteroatoms. The van der Waals surface area contributed by atoms with Crippen LogP contribution in [0.2, 0.25) is 0 Å². The Labute approximate surface area is 98.3 Å². The molecule has 0 aromatic heterocycles. The van der Waals surface area contributed by atoms with Crippen LogP contribution in [-0.4, -0.2) is 19.9 Å². The molecule has 0 spiro atoms. The second-order valence-corrected chi connectivity index (χ2v) is 4.84. The summed E-state index contributed by atoms with van der Waals surface area (Å²) < 4.78 is 0. The second kappa shape index (κ2) is 4.69. The highest BCUT2D eigenvalue weighted by molar-refractivity contribution is 5.89. The van der Waals surface area contributed by atoms with Crippen molar-refractivity contribution in [3.8, 4) is 0 Å². The maximum atomic E-state index is 11.8. The Hall–Kier alpha value is -1.31. The zero-order valence-electron chi connectivity index (χ0n) is 10.9. The molecule has 0 heterocycles. The van der Waals surface area contributed by atoms with Gasteiger partial charge < -0.3 is 4.90 Å². The molecule has 0 amide bonds. The number of rotatable bonds is 4. The summed E-state index contributed by atoms with van der Waals surface area (Å²) in [5, 5.41) is 0. The monoisotopic (exact) mass is 219 g/mol. The lowest BCUT2D eigenvalue weighted by Crippen LogP contribution is -2.28. The van der Waals surface area contributed by atoms with E-state index >= 15 is 0 Å². The smallest absolute Gasteiger partial charge is 0.142 e. The molecule has 0 bridgehead atoms. The van der Waals surface area contributed by atoms with Crippen molar-refractivity contribution < 1.29 is 4.79 Å². The number of hydrogen-bond acceptors (Lipinski definition) is 2. The average Bonchev–Trinajstić information content (AvgIpc) is 2.28. The van der Waals surface area contributed by atoms with E-state index in [9.17, 15) is 4.79 Å². The first-order valence-electron chi connectivity index (χ1n) is 5.70. The van der Waals surface area contributed by atoms with Crippen LogP contribution < -0.4 is 4.90 Å². The molecule has 1 aromatic rings. The summed E-state index contributed by atoms with van der Waals surface area (Å²) >= 11 is 0. The van der Waals surface area contributed by atoms with Gasteiger partial charge in [-0.2, -0.15) is 0 Å². The van der Waals surface area contributed by atoms with Gasteiger partial charge in [0.05, 0.1) is 0 Å². The van der Waals surface area contributed by atoms with Crippen LogP contribution in [0.25, 0.3) is 0 Å². The van der Waals surface area contributed by atoms with Gasteiger partial charge in [-0.3, -0.25) is 4.79 Å². The Bertz CT molecular complexity index is 363. The number of hydrogen-bond donors (Lipinski definition) is 0. The van der Waals surface area contributed by atoms with Gasteiger partial charge in [0.1, 0.15) is 5.78 Å². The number of nitrogens with zero attached hydrogens (tertiary/aromatic N) is 1. The fourth-order valence-corrected chi connectivity index (χ4v) is 1.78. The van der Waals surface area contributed by atoms with E-state index in [2.05, 4.69) is 17.0 Å². The summed E-state index contributed by atoms with van der Waals surface area (Å²) in [6.07, 6.45) is 0.586. The minimum atomic E-state index is -0.375. The molecular formula is C14H21NO. The molecular weight excluding hydrogens is 198 g/mol. The topological polar surface area (TPSA) is 20.3 Å². The lowest BCUT2D eigenvalue weighted by molar-refractivity contribution is -0.123. The molecule has 0 saturated heterocycles. The Morgan fingerprint density at radius 2 is 1.69 bits per heavy atom. The predicted molar refractivity (Wildman–Crippen MR) is 69.1 cm³/mol. The number of ketones is 1. The van der Waals surface area contributed by atoms with Crippen LogP contribution in [0.5, 0.6) is 0 Å². The van der Waals surface area contributed by atoms with E-state index in [0.29, 0.717) is 6.42 Å². The number of carbonyl (C=O) groups is 1. The normalized spacial score (nSPS) is 11.3. The number of anilines is 1. The summed E-state index contributed by atoms with van der Waals surface area (Å²) in [6.45, 7) is 5.89. The van der Waals surface area contributed by atoms with Crippen molar-refractivity contribution >= 4 is 11.5 Å². The highest BCUT2D eigenvalue weighted by Crippen LogP contribution is 2.27. The van der Waals surface area contributed by atoms with Crippen LogP contribution in [-0.2, 0) is 10.2 Å². The molecule has 0 radical (unpaired) electrons. The van der Waals surface area contributed by atoms with Crippen molar-refractivity contribution in [1.82, 2.24) is 0 Å². The van der Waals surface area contributed by atoms with Crippen LogP contribution in [0.1, 0.15) is 32.8 Å². The van der Waals surface area contributed by atoms with Crippen molar-refractivity contribution in [2.24, 2.45) is 0 Å². The SMILES string of the molecule is CCC(=O)C(C)(C)c1ccc(N(C)C)cc1. The van der Waals surface area contributed by atoms with Gasteiger partial charge >= 0.3 is 0 Å². The Morgan fingerprint density at radius 3 is 2.06 bits per heavy atom. The molecule has 0 fully saturated rings. The molecule has 88 valence electrons. The van der Waals surface area contributed by atoms with E-state index < -0.39 is 0 Å². The molecule has 0 aliphatic carbocycles. The lowest BCUT2D eigenvalue weighted by Gasteiger charge is -2.24. The standard InChI is InChI=1S/C14H21NO/c1-6-13(16)14(2,3)11-7-9-12(10-8-11)15(4)5/h7-10H,6H2,1-5H3. The largest absolute Gasteiger partial charge is 0.378 e.